The predicted octanol–water partition coefficient (Wildman–Crippen LogP) is 3.44. The summed E-state index contributed by atoms with van der Waals surface area (Å²) in [5.74, 6) is 1.43. The minimum absolute atomic E-state index is 0.428. The quantitative estimate of drug-likeness (QED) is 0.935. The van der Waals surface area contributed by atoms with Crippen molar-refractivity contribution in [3.05, 3.63) is 53.6 Å². The Morgan fingerprint density at radius 3 is 2.67 bits per heavy atom. The zero-order valence-corrected chi connectivity index (χ0v) is 11.8. The maximum absolute atomic E-state index is 9.43. The first-order chi connectivity index (χ1) is 10.3. The first-order valence-corrected chi connectivity index (χ1v) is 6.88. The van der Waals surface area contributed by atoms with Gasteiger partial charge in [-0.1, -0.05) is 18.2 Å². The number of aryl methyl sites for hydroxylation is 1. The van der Waals surface area contributed by atoms with Crippen molar-refractivity contribution in [2.45, 2.75) is 13.0 Å². The van der Waals surface area contributed by atoms with E-state index in [-0.39, 0.29) is 0 Å². The van der Waals surface area contributed by atoms with E-state index in [0.717, 1.165) is 22.6 Å². The SMILES string of the molecule is Cc1cccc(NC(C#N)c2ccc3c(c2)OCCO3)c1. The fourth-order valence-corrected chi connectivity index (χ4v) is 2.33. The molecule has 21 heavy (non-hydrogen) atoms. The van der Waals surface area contributed by atoms with Crippen molar-refractivity contribution in [1.29, 1.82) is 5.26 Å². The van der Waals surface area contributed by atoms with Crippen LogP contribution in [0.2, 0.25) is 0 Å². The lowest BCUT2D eigenvalue weighted by atomic mass is 10.1. The standard InChI is InChI=1S/C17H16N2O2/c1-12-3-2-4-14(9-12)19-15(11-18)13-5-6-16-17(10-13)21-8-7-20-16/h2-6,9-10,15,19H,7-8H2,1H3. The van der Waals surface area contributed by atoms with Crippen LogP contribution < -0.4 is 14.8 Å². The second-order valence-corrected chi connectivity index (χ2v) is 4.98. The Morgan fingerprint density at radius 2 is 1.90 bits per heavy atom. The zero-order valence-electron chi connectivity index (χ0n) is 11.8. The molecular weight excluding hydrogens is 264 g/mol. The topological polar surface area (TPSA) is 54.3 Å². The van der Waals surface area contributed by atoms with E-state index in [1.165, 1.54) is 0 Å². The lowest BCUT2D eigenvalue weighted by Crippen LogP contribution is -2.16. The number of benzene rings is 2. The molecule has 1 aliphatic rings. The van der Waals surface area contributed by atoms with Crippen molar-refractivity contribution >= 4 is 5.69 Å². The third kappa shape index (κ3) is 2.92. The second-order valence-electron chi connectivity index (χ2n) is 4.98. The number of hydrogen-bond donors (Lipinski definition) is 1. The molecule has 4 heteroatoms. The maximum atomic E-state index is 9.43. The van der Waals surface area contributed by atoms with Gasteiger partial charge in [-0.05, 0) is 42.3 Å². The summed E-state index contributed by atoms with van der Waals surface area (Å²) in [6.45, 7) is 3.13. The van der Waals surface area contributed by atoms with Crippen molar-refractivity contribution in [3.8, 4) is 17.6 Å². The van der Waals surface area contributed by atoms with Gasteiger partial charge in [-0.3, -0.25) is 0 Å². The zero-order chi connectivity index (χ0) is 14.7. The Balaban J connectivity index is 1.85. The Morgan fingerprint density at radius 1 is 1.10 bits per heavy atom. The molecule has 0 amide bonds. The van der Waals surface area contributed by atoms with Crippen LogP contribution in [0.5, 0.6) is 11.5 Å². The summed E-state index contributed by atoms with van der Waals surface area (Å²) in [5, 5.41) is 12.7. The largest absolute Gasteiger partial charge is 0.486 e. The molecule has 4 nitrogen and oxygen atoms in total. The average Bonchev–Trinajstić information content (AvgIpc) is 2.52. The average molecular weight is 280 g/mol. The Hall–Kier alpha value is -2.67. The molecule has 0 spiro atoms. The Labute approximate surface area is 123 Å². The van der Waals surface area contributed by atoms with Gasteiger partial charge in [0.05, 0.1) is 6.07 Å². The Bertz CT molecular complexity index is 691. The fraction of sp³-hybridized carbons (Fsp3) is 0.235. The molecule has 0 saturated carbocycles. The van der Waals surface area contributed by atoms with Crippen LogP contribution in [-0.2, 0) is 0 Å². The van der Waals surface area contributed by atoms with Crippen molar-refractivity contribution < 1.29 is 9.47 Å². The highest BCUT2D eigenvalue weighted by atomic mass is 16.6. The highest BCUT2D eigenvalue weighted by molar-refractivity contribution is 5.52. The van der Waals surface area contributed by atoms with Crippen LogP contribution in [0, 0.1) is 18.3 Å². The molecule has 1 N–H and O–H groups in total. The molecule has 2 aromatic rings. The summed E-state index contributed by atoms with van der Waals surface area (Å²) in [6, 6.07) is 15.4. The number of fused-ring (bicyclic) bond motifs is 1. The smallest absolute Gasteiger partial charge is 0.161 e. The first kappa shape index (κ1) is 13.3. The van der Waals surface area contributed by atoms with Crippen LogP contribution in [0.3, 0.4) is 0 Å². The molecule has 106 valence electrons. The minimum atomic E-state index is -0.428. The van der Waals surface area contributed by atoms with E-state index >= 15 is 0 Å². The molecule has 0 fully saturated rings. The van der Waals surface area contributed by atoms with Gasteiger partial charge in [-0.2, -0.15) is 5.26 Å². The van der Waals surface area contributed by atoms with Crippen molar-refractivity contribution in [3.63, 3.8) is 0 Å². The van der Waals surface area contributed by atoms with E-state index in [1.807, 2.05) is 49.4 Å². The molecule has 0 bridgehead atoms. The van der Waals surface area contributed by atoms with Gasteiger partial charge in [0, 0.05) is 5.69 Å². The van der Waals surface area contributed by atoms with Crippen molar-refractivity contribution in [1.82, 2.24) is 0 Å². The van der Waals surface area contributed by atoms with Gasteiger partial charge >= 0.3 is 0 Å². The van der Waals surface area contributed by atoms with Gasteiger partial charge in [0.2, 0.25) is 0 Å². The molecule has 1 heterocycles. The number of rotatable bonds is 3. The van der Waals surface area contributed by atoms with Crippen LogP contribution in [0.1, 0.15) is 17.2 Å². The molecule has 0 saturated heterocycles. The van der Waals surface area contributed by atoms with Gasteiger partial charge in [0.25, 0.3) is 0 Å². The van der Waals surface area contributed by atoms with E-state index in [1.54, 1.807) is 0 Å². The lowest BCUT2D eigenvalue weighted by molar-refractivity contribution is 0.171. The van der Waals surface area contributed by atoms with Gasteiger partial charge in [-0.15, -0.1) is 0 Å². The van der Waals surface area contributed by atoms with Gasteiger partial charge < -0.3 is 14.8 Å². The van der Waals surface area contributed by atoms with Crippen molar-refractivity contribution in [2.75, 3.05) is 18.5 Å². The lowest BCUT2D eigenvalue weighted by Gasteiger charge is -2.20. The fourth-order valence-electron chi connectivity index (χ4n) is 2.33. The van der Waals surface area contributed by atoms with Gasteiger partial charge in [0.1, 0.15) is 19.3 Å². The van der Waals surface area contributed by atoms with Crippen LogP contribution in [0.15, 0.2) is 42.5 Å². The van der Waals surface area contributed by atoms with Gasteiger partial charge in [-0.25, -0.2) is 0 Å². The first-order valence-electron chi connectivity index (χ1n) is 6.88. The monoisotopic (exact) mass is 280 g/mol. The molecular formula is C17H16N2O2. The molecule has 1 unspecified atom stereocenters. The summed E-state index contributed by atoms with van der Waals surface area (Å²) in [6.07, 6.45) is 0. The number of nitrogens with one attached hydrogen (secondary N) is 1. The van der Waals surface area contributed by atoms with E-state index in [9.17, 15) is 5.26 Å². The summed E-state index contributed by atoms with van der Waals surface area (Å²) < 4.78 is 11.1. The number of nitriles is 1. The third-order valence-corrected chi connectivity index (χ3v) is 3.36. The number of hydrogen-bond acceptors (Lipinski definition) is 4. The minimum Gasteiger partial charge on any atom is -0.486 e. The molecule has 0 aliphatic carbocycles. The number of nitrogens with zero attached hydrogens (tertiary/aromatic N) is 1. The predicted molar refractivity (Wildman–Crippen MR) is 80.6 cm³/mol. The third-order valence-electron chi connectivity index (χ3n) is 3.36. The van der Waals surface area contributed by atoms with E-state index in [4.69, 9.17) is 9.47 Å². The summed E-state index contributed by atoms with van der Waals surface area (Å²) in [4.78, 5) is 0. The number of ether oxygens (including phenoxy) is 2. The molecule has 3 rings (SSSR count). The van der Waals surface area contributed by atoms with Crippen LogP contribution in [0.4, 0.5) is 5.69 Å². The highest BCUT2D eigenvalue weighted by Gasteiger charge is 2.16. The maximum Gasteiger partial charge on any atom is 0.161 e. The van der Waals surface area contributed by atoms with Crippen LogP contribution >= 0.6 is 0 Å². The highest BCUT2D eigenvalue weighted by Crippen LogP contribution is 2.33. The molecule has 1 aliphatic heterocycles. The molecule has 0 aromatic heterocycles. The van der Waals surface area contributed by atoms with E-state index in [0.29, 0.717) is 19.0 Å². The molecule has 2 aromatic carbocycles. The number of anilines is 1. The second kappa shape index (κ2) is 5.76. The summed E-state index contributed by atoms with van der Waals surface area (Å²) >= 11 is 0. The summed E-state index contributed by atoms with van der Waals surface area (Å²) in [7, 11) is 0. The van der Waals surface area contributed by atoms with E-state index < -0.39 is 6.04 Å². The molecule has 1 atom stereocenters. The van der Waals surface area contributed by atoms with Crippen LogP contribution in [0.25, 0.3) is 0 Å². The van der Waals surface area contributed by atoms with Gasteiger partial charge in [0.15, 0.2) is 11.5 Å². The molecule has 0 radical (unpaired) electrons. The van der Waals surface area contributed by atoms with Crippen LogP contribution in [-0.4, -0.2) is 13.2 Å². The summed E-state index contributed by atoms with van der Waals surface area (Å²) in [5.41, 5.74) is 2.94. The Kier molecular flexibility index (Phi) is 3.65. The normalized spacial score (nSPS) is 14.1. The van der Waals surface area contributed by atoms with Crippen molar-refractivity contribution in [2.24, 2.45) is 0 Å². The van der Waals surface area contributed by atoms with E-state index in [2.05, 4.69) is 11.4 Å².